The quantitative estimate of drug-likeness (QED) is 0.545. The number of rotatable bonds is 4. The zero-order valence-electron chi connectivity index (χ0n) is 13.5. The molecule has 1 aromatic rings. The molecule has 1 saturated heterocycles. The molecule has 1 aromatic carbocycles. The number of nitrogens with zero attached hydrogens (tertiary/aromatic N) is 1. The second kappa shape index (κ2) is 8.94. The van der Waals surface area contributed by atoms with Crippen molar-refractivity contribution in [1.29, 1.82) is 0 Å². The van der Waals surface area contributed by atoms with Gasteiger partial charge in [0.2, 0.25) is 0 Å². The van der Waals surface area contributed by atoms with Crippen LogP contribution in [0.1, 0.15) is 44.2 Å². The standard InChI is InChI=1S/C19H29IN/c1-4-18-9-5-10-19(15-18)14-17(3)21-12-6-8-16(2)20-11-7-13-21/h4-5,9-10,15-17H,1,6-8,11-14H2,2-3H3/q-1. The first kappa shape index (κ1) is 17.0. The molecule has 0 radical (unpaired) electrons. The monoisotopic (exact) mass is 398 g/mol. The topological polar surface area (TPSA) is 3.24 Å². The van der Waals surface area contributed by atoms with Gasteiger partial charge in [-0.15, -0.1) is 0 Å². The molecule has 0 N–H and O–H groups in total. The van der Waals surface area contributed by atoms with Crippen molar-refractivity contribution in [1.82, 2.24) is 4.90 Å². The maximum absolute atomic E-state index is 3.87. The van der Waals surface area contributed by atoms with Crippen LogP contribution in [0.15, 0.2) is 30.8 Å². The molecule has 0 spiro atoms. The van der Waals surface area contributed by atoms with Crippen molar-refractivity contribution >= 4 is 6.08 Å². The molecule has 0 aromatic heterocycles. The van der Waals surface area contributed by atoms with Crippen LogP contribution in [0, 0.1) is 0 Å². The van der Waals surface area contributed by atoms with Crippen LogP contribution < -0.4 is 21.2 Å². The van der Waals surface area contributed by atoms with Crippen LogP contribution in [-0.2, 0) is 6.42 Å². The molecule has 1 nitrogen and oxygen atoms in total. The van der Waals surface area contributed by atoms with Gasteiger partial charge < -0.3 is 0 Å². The SMILES string of the molecule is C=Cc1cccc(CC(C)N2CCC[I-]C(C)CCC2)c1. The van der Waals surface area contributed by atoms with E-state index in [0.29, 0.717) is 27.2 Å². The average molecular weight is 398 g/mol. The summed E-state index contributed by atoms with van der Waals surface area (Å²) < 4.78 is 2.54. The molecule has 1 fully saturated rings. The van der Waals surface area contributed by atoms with Crippen molar-refractivity contribution in [2.45, 2.75) is 49.5 Å². The molecule has 21 heavy (non-hydrogen) atoms. The number of halogens is 1. The summed E-state index contributed by atoms with van der Waals surface area (Å²) in [6.07, 6.45) is 7.35. The first-order chi connectivity index (χ1) is 10.2. The van der Waals surface area contributed by atoms with Gasteiger partial charge in [-0.3, -0.25) is 0 Å². The Morgan fingerprint density at radius 3 is 3.00 bits per heavy atom. The second-order valence-electron chi connectivity index (χ2n) is 6.16. The van der Waals surface area contributed by atoms with E-state index in [1.54, 1.807) is 0 Å². The Labute approximate surface area is 141 Å². The molecule has 2 atom stereocenters. The fraction of sp³-hybridized carbons (Fsp3) is 0.579. The molecular weight excluding hydrogens is 369 g/mol. The number of benzene rings is 1. The van der Waals surface area contributed by atoms with E-state index in [-0.39, 0.29) is 0 Å². The number of hydrogen-bond donors (Lipinski definition) is 0. The van der Waals surface area contributed by atoms with Gasteiger partial charge in [-0.05, 0) is 0 Å². The Hall–Kier alpha value is -0.350. The third-order valence-corrected chi connectivity index (χ3v) is 7.85. The van der Waals surface area contributed by atoms with Gasteiger partial charge in [-0.25, -0.2) is 0 Å². The summed E-state index contributed by atoms with van der Waals surface area (Å²) in [6.45, 7) is 11.3. The van der Waals surface area contributed by atoms with Crippen LogP contribution in [-0.4, -0.2) is 32.4 Å². The third kappa shape index (κ3) is 5.74. The van der Waals surface area contributed by atoms with Gasteiger partial charge in [0.05, 0.1) is 0 Å². The van der Waals surface area contributed by atoms with E-state index in [1.807, 2.05) is 6.08 Å². The van der Waals surface area contributed by atoms with Crippen LogP contribution in [0.25, 0.3) is 6.08 Å². The van der Waals surface area contributed by atoms with Gasteiger partial charge in [0, 0.05) is 0 Å². The molecule has 2 heteroatoms. The van der Waals surface area contributed by atoms with Gasteiger partial charge in [-0.2, -0.15) is 0 Å². The predicted molar refractivity (Wildman–Crippen MR) is 89.5 cm³/mol. The number of alkyl halides is 2. The van der Waals surface area contributed by atoms with E-state index >= 15 is 0 Å². The Kier molecular flexibility index (Phi) is 7.24. The summed E-state index contributed by atoms with van der Waals surface area (Å²) in [7, 11) is 0. The first-order valence-corrected chi connectivity index (χ1v) is 11.0. The van der Waals surface area contributed by atoms with E-state index < -0.39 is 0 Å². The van der Waals surface area contributed by atoms with Crippen molar-refractivity contribution in [2.75, 3.05) is 17.5 Å². The van der Waals surface area contributed by atoms with Crippen molar-refractivity contribution in [3.8, 4) is 0 Å². The Morgan fingerprint density at radius 2 is 2.19 bits per heavy atom. The van der Waals surface area contributed by atoms with Gasteiger partial charge in [0.15, 0.2) is 0 Å². The van der Waals surface area contributed by atoms with E-state index in [4.69, 9.17) is 0 Å². The Bertz CT molecular complexity index is 443. The minimum absolute atomic E-state index is 0.456. The second-order valence-corrected chi connectivity index (χ2v) is 10.2. The summed E-state index contributed by atoms with van der Waals surface area (Å²) in [6, 6.07) is 9.48. The van der Waals surface area contributed by atoms with Crippen LogP contribution in [0.2, 0.25) is 0 Å². The van der Waals surface area contributed by atoms with Crippen LogP contribution in [0.3, 0.4) is 0 Å². The molecule has 2 rings (SSSR count). The van der Waals surface area contributed by atoms with E-state index in [9.17, 15) is 0 Å². The van der Waals surface area contributed by atoms with Crippen LogP contribution >= 0.6 is 0 Å². The number of hydrogen-bond acceptors (Lipinski definition) is 1. The minimum atomic E-state index is 0.456. The van der Waals surface area contributed by atoms with Gasteiger partial charge >= 0.3 is 141 Å². The molecule has 0 aliphatic carbocycles. The molecule has 1 aliphatic heterocycles. The molecule has 1 aliphatic rings. The van der Waals surface area contributed by atoms with E-state index in [1.165, 1.54) is 47.9 Å². The fourth-order valence-corrected chi connectivity index (χ4v) is 5.77. The average Bonchev–Trinajstić information content (AvgIpc) is 2.59. The van der Waals surface area contributed by atoms with Crippen molar-refractivity contribution < 1.29 is 21.2 Å². The first-order valence-electron chi connectivity index (χ1n) is 8.22. The summed E-state index contributed by atoms with van der Waals surface area (Å²) in [5.74, 6) is 0. The van der Waals surface area contributed by atoms with Crippen LogP contribution in [0.5, 0.6) is 0 Å². The van der Waals surface area contributed by atoms with Gasteiger partial charge in [0.25, 0.3) is 0 Å². The fourth-order valence-electron chi connectivity index (χ4n) is 3.05. The zero-order chi connectivity index (χ0) is 15.1. The Balaban J connectivity index is 1.93. The predicted octanol–water partition coefficient (Wildman–Crippen LogP) is 1.22. The normalized spacial score (nSPS) is 23.2. The van der Waals surface area contributed by atoms with Gasteiger partial charge in [0.1, 0.15) is 0 Å². The molecule has 0 bridgehead atoms. The summed E-state index contributed by atoms with van der Waals surface area (Å²) in [4.78, 5) is 2.72. The molecular formula is C19H29IN-. The third-order valence-electron chi connectivity index (χ3n) is 4.34. The summed E-state index contributed by atoms with van der Waals surface area (Å²) in [5.41, 5.74) is 2.68. The van der Waals surface area contributed by atoms with Crippen molar-refractivity contribution in [2.24, 2.45) is 0 Å². The van der Waals surface area contributed by atoms with Crippen molar-refractivity contribution in [3.63, 3.8) is 0 Å². The van der Waals surface area contributed by atoms with E-state index in [2.05, 4.69) is 49.6 Å². The molecule has 0 amide bonds. The molecule has 118 valence electrons. The molecule has 0 saturated carbocycles. The van der Waals surface area contributed by atoms with E-state index in [0.717, 1.165) is 10.3 Å². The molecule has 1 heterocycles. The maximum atomic E-state index is 3.87. The van der Waals surface area contributed by atoms with Crippen LogP contribution in [0.4, 0.5) is 0 Å². The summed E-state index contributed by atoms with van der Waals surface area (Å²) in [5, 5.41) is 0. The Morgan fingerprint density at radius 1 is 1.38 bits per heavy atom. The van der Waals surface area contributed by atoms with Crippen molar-refractivity contribution in [3.05, 3.63) is 42.0 Å². The van der Waals surface area contributed by atoms with Gasteiger partial charge in [-0.1, -0.05) is 0 Å². The zero-order valence-corrected chi connectivity index (χ0v) is 15.7. The molecule has 2 unspecified atom stereocenters. The summed E-state index contributed by atoms with van der Waals surface area (Å²) >= 11 is 0.456.